The largest absolute Gasteiger partial charge is 0.463 e. The maximum Gasteiger partial charge on any atom is 0.318 e. The lowest BCUT2D eigenvalue weighted by Crippen LogP contribution is -2.38. The summed E-state index contributed by atoms with van der Waals surface area (Å²) in [4.78, 5) is 16.8. The second-order valence-corrected chi connectivity index (χ2v) is 14.3. The first-order valence-electron chi connectivity index (χ1n) is 15.4. The molecule has 1 saturated carbocycles. The van der Waals surface area contributed by atoms with E-state index in [0.29, 0.717) is 44.5 Å². The number of rotatable bonds is 9. The maximum atomic E-state index is 12.3. The molecule has 4 aromatic rings. The van der Waals surface area contributed by atoms with E-state index in [4.69, 9.17) is 19.8 Å². The molecule has 1 fully saturated rings. The molecule has 0 spiro atoms. The Balaban J connectivity index is 1.26. The van der Waals surface area contributed by atoms with Crippen molar-refractivity contribution >= 4 is 32.3 Å². The van der Waals surface area contributed by atoms with Gasteiger partial charge in [0.15, 0.2) is 0 Å². The standard InChI is InChI=1S/C32H40N8O3S/c1-4-22-7-5-8-23-9-6-10-26(29(22)23)38-14-11-24-25(18-38)35-31(43-21-32(12-13-32)20-37(2)3)36-30(24)39-15-16-40-27(19-39)28(17-34-40)44(33,41)42/h5-10,17H,4,11-16,18-21H2,1-3H3,(H2,33,41,42). The average molecular weight is 617 g/mol. The average Bonchev–Trinajstić information content (AvgIpc) is 3.62. The summed E-state index contributed by atoms with van der Waals surface area (Å²) < 4.78 is 32.8. The van der Waals surface area contributed by atoms with Gasteiger partial charge >= 0.3 is 6.01 Å². The highest BCUT2D eigenvalue weighted by atomic mass is 32.2. The van der Waals surface area contributed by atoms with Crippen LogP contribution >= 0.6 is 0 Å². The van der Waals surface area contributed by atoms with Crippen LogP contribution in [0.3, 0.4) is 0 Å². The van der Waals surface area contributed by atoms with Gasteiger partial charge in [0.2, 0.25) is 10.0 Å². The van der Waals surface area contributed by atoms with Gasteiger partial charge in [-0.15, -0.1) is 0 Å². The minimum atomic E-state index is -3.90. The number of primary sulfonamides is 1. The summed E-state index contributed by atoms with van der Waals surface area (Å²) in [5, 5.41) is 12.4. The summed E-state index contributed by atoms with van der Waals surface area (Å²) >= 11 is 0. The molecule has 0 bridgehead atoms. The first-order chi connectivity index (χ1) is 21.1. The van der Waals surface area contributed by atoms with Gasteiger partial charge in [0.05, 0.1) is 43.8 Å². The van der Waals surface area contributed by atoms with Crippen molar-refractivity contribution < 1.29 is 13.2 Å². The zero-order valence-corrected chi connectivity index (χ0v) is 26.5. The predicted molar refractivity (Wildman–Crippen MR) is 170 cm³/mol. The smallest absolute Gasteiger partial charge is 0.318 e. The van der Waals surface area contributed by atoms with Crippen LogP contribution in [0.15, 0.2) is 47.5 Å². The Labute approximate surface area is 258 Å². The first kappa shape index (κ1) is 29.0. The molecule has 4 heterocycles. The van der Waals surface area contributed by atoms with Gasteiger partial charge in [-0.25, -0.2) is 13.6 Å². The fraction of sp³-hybridized carbons (Fsp3) is 0.469. The van der Waals surface area contributed by atoms with Crippen LogP contribution in [0.25, 0.3) is 10.8 Å². The summed E-state index contributed by atoms with van der Waals surface area (Å²) in [6.45, 7) is 6.70. The summed E-state index contributed by atoms with van der Waals surface area (Å²) in [6, 6.07) is 13.4. The van der Waals surface area contributed by atoms with Crippen molar-refractivity contribution in [1.29, 1.82) is 0 Å². The topological polar surface area (TPSA) is 123 Å². The van der Waals surface area contributed by atoms with Gasteiger partial charge in [0.1, 0.15) is 10.7 Å². The van der Waals surface area contributed by atoms with Gasteiger partial charge in [0.25, 0.3) is 0 Å². The van der Waals surface area contributed by atoms with Crippen molar-refractivity contribution in [3.8, 4) is 6.01 Å². The Morgan fingerprint density at radius 3 is 2.55 bits per heavy atom. The van der Waals surface area contributed by atoms with Crippen LogP contribution in [0.2, 0.25) is 0 Å². The van der Waals surface area contributed by atoms with Gasteiger partial charge < -0.3 is 19.4 Å². The van der Waals surface area contributed by atoms with E-state index in [1.54, 1.807) is 4.68 Å². The van der Waals surface area contributed by atoms with Crippen molar-refractivity contribution in [3.05, 3.63) is 65.1 Å². The minimum Gasteiger partial charge on any atom is -0.463 e. The van der Waals surface area contributed by atoms with E-state index < -0.39 is 10.0 Å². The van der Waals surface area contributed by atoms with Crippen LogP contribution < -0.4 is 19.7 Å². The van der Waals surface area contributed by atoms with Crippen LogP contribution in [0.5, 0.6) is 6.01 Å². The monoisotopic (exact) mass is 616 g/mol. The number of fused-ring (bicyclic) bond motifs is 3. The van der Waals surface area contributed by atoms with Crippen molar-refractivity contribution in [3.63, 3.8) is 0 Å². The van der Waals surface area contributed by atoms with Gasteiger partial charge in [-0.1, -0.05) is 37.3 Å². The molecule has 0 amide bonds. The molecule has 232 valence electrons. The number of nitrogens with zero attached hydrogens (tertiary/aromatic N) is 7. The van der Waals surface area contributed by atoms with E-state index in [1.807, 2.05) is 0 Å². The highest BCUT2D eigenvalue weighted by molar-refractivity contribution is 7.89. The molecule has 0 atom stereocenters. The number of nitrogens with two attached hydrogens (primary N) is 1. The lowest BCUT2D eigenvalue weighted by molar-refractivity contribution is 0.182. The Hall–Kier alpha value is -3.74. The number of anilines is 2. The summed E-state index contributed by atoms with van der Waals surface area (Å²) in [5.74, 6) is 0.807. The SMILES string of the molecule is CCc1cccc2cccc(N3CCc4c(nc(OCC5(CN(C)C)CC5)nc4N4CCn5ncc(S(N)(=O)=O)c5C4)C3)c12. The van der Waals surface area contributed by atoms with Crippen LogP contribution in [0.1, 0.15) is 42.3 Å². The molecular weight excluding hydrogens is 576 g/mol. The van der Waals surface area contributed by atoms with Gasteiger partial charge in [0, 0.05) is 41.7 Å². The lowest BCUT2D eigenvalue weighted by Gasteiger charge is -2.35. The molecular formula is C32H40N8O3S. The van der Waals surface area contributed by atoms with Gasteiger partial charge in [-0.3, -0.25) is 4.68 Å². The normalized spacial score (nSPS) is 17.6. The van der Waals surface area contributed by atoms with E-state index in [9.17, 15) is 8.42 Å². The second kappa shape index (κ2) is 11.0. The zero-order chi connectivity index (χ0) is 30.6. The van der Waals surface area contributed by atoms with Crippen LogP contribution in [0.4, 0.5) is 11.5 Å². The van der Waals surface area contributed by atoms with Crippen molar-refractivity contribution in [2.24, 2.45) is 10.6 Å². The molecule has 0 saturated heterocycles. The van der Waals surface area contributed by atoms with E-state index in [-0.39, 0.29) is 10.3 Å². The quantitative estimate of drug-likeness (QED) is 0.302. The molecule has 3 aliphatic rings. The third kappa shape index (κ3) is 5.39. The Bertz CT molecular complexity index is 1830. The maximum absolute atomic E-state index is 12.3. The molecule has 2 aromatic carbocycles. The second-order valence-electron chi connectivity index (χ2n) is 12.7. The molecule has 2 N–H and O–H groups in total. The van der Waals surface area contributed by atoms with E-state index in [1.165, 1.54) is 28.2 Å². The number of ether oxygens (including phenoxy) is 1. The van der Waals surface area contributed by atoms with Gasteiger partial charge in [-0.05, 0) is 56.8 Å². The number of benzene rings is 2. The Morgan fingerprint density at radius 1 is 1.02 bits per heavy atom. The fourth-order valence-electron chi connectivity index (χ4n) is 6.93. The minimum absolute atomic E-state index is 0.0646. The highest BCUT2D eigenvalue weighted by Gasteiger charge is 2.44. The van der Waals surface area contributed by atoms with Crippen molar-refractivity contribution in [1.82, 2.24) is 24.6 Å². The van der Waals surface area contributed by atoms with Crippen molar-refractivity contribution in [2.45, 2.75) is 57.1 Å². The highest BCUT2D eigenvalue weighted by Crippen LogP contribution is 2.46. The Morgan fingerprint density at radius 2 is 1.82 bits per heavy atom. The number of aryl methyl sites for hydroxylation is 1. The summed E-state index contributed by atoms with van der Waals surface area (Å²) in [7, 11) is 0.287. The summed E-state index contributed by atoms with van der Waals surface area (Å²) in [5.41, 5.74) is 5.31. The number of aromatic nitrogens is 4. The molecule has 1 aliphatic carbocycles. The lowest BCUT2D eigenvalue weighted by atomic mass is 9.98. The third-order valence-electron chi connectivity index (χ3n) is 9.27. The van der Waals surface area contributed by atoms with Crippen LogP contribution in [-0.2, 0) is 42.5 Å². The number of hydrogen-bond donors (Lipinski definition) is 1. The molecule has 2 aliphatic heterocycles. The molecule has 12 heteroatoms. The first-order valence-corrected chi connectivity index (χ1v) is 16.9. The molecule has 2 aromatic heterocycles. The number of hydrogen-bond acceptors (Lipinski definition) is 9. The van der Waals surface area contributed by atoms with E-state index >= 15 is 0 Å². The third-order valence-corrected chi connectivity index (χ3v) is 10.2. The molecule has 44 heavy (non-hydrogen) atoms. The molecule has 11 nitrogen and oxygen atoms in total. The zero-order valence-electron chi connectivity index (χ0n) is 25.7. The van der Waals surface area contributed by atoms with Crippen molar-refractivity contribution in [2.75, 3.05) is 50.1 Å². The van der Waals surface area contributed by atoms with Crippen LogP contribution in [-0.4, -0.2) is 73.4 Å². The molecule has 7 rings (SSSR count). The Kier molecular flexibility index (Phi) is 7.25. The summed E-state index contributed by atoms with van der Waals surface area (Å²) in [6.07, 6.45) is 5.33. The fourth-order valence-corrected chi connectivity index (χ4v) is 7.62. The van der Waals surface area contributed by atoms with Gasteiger partial charge in [-0.2, -0.15) is 15.1 Å². The van der Waals surface area contributed by atoms with Crippen LogP contribution in [0, 0.1) is 5.41 Å². The number of sulfonamides is 1. The predicted octanol–water partition coefficient (Wildman–Crippen LogP) is 3.34. The molecule has 0 unspecified atom stereocenters. The van der Waals surface area contributed by atoms with E-state index in [0.717, 1.165) is 55.8 Å². The van der Waals surface area contributed by atoms with E-state index in [2.05, 4.69) is 77.2 Å². The molecule has 0 radical (unpaired) electrons.